The largest absolute Gasteiger partial charge is 0.416 e. The van der Waals surface area contributed by atoms with Crippen LogP contribution in [0.1, 0.15) is 35.1 Å². The summed E-state index contributed by atoms with van der Waals surface area (Å²) in [6.45, 7) is 0. The molecule has 1 aromatic carbocycles. The molecule has 1 aliphatic rings. The lowest BCUT2D eigenvalue weighted by Gasteiger charge is -2.09. The third-order valence-corrected chi connectivity index (χ3v) is 5.21. The zero-order valence-electron chi connectivity index (χ0n) is 15.1. The lowest BCUT2D eigenvalue weighted by Crippen LogP contribution is -2.23. The molecule has 5 rings (SSSR count). The fourth-order valence-corrected chi connectivity index (χ4v) is 3.65. The van der Waals surface area contributed by atoms with Gasteiger partial charge in [-0.1, -0.05) is 12.1 Å². The molecule has 152 valence electrons. The molecule has 11 heteroatoms. The van der Waals surface area contributed by atoms with E-state index in [1.54, 1.807) is 10.6 Å². The van der Waals surface area contributed by atoms with Crippen LogP contribution in [0.5, 0.6) is 0 Å². The van der Waals surface area contributed by atoms with E-state index in [0.29, 0.717) is 12.1 Å². The summed E-state index contributed by atoms with van der Waals surface area (Å²) in [5.74, 6) is 0.282. The van der Waals surface area contributed by atoms with E-state index in [1.165, 1.54) is 24.7 Å². The maximum atomic E-state index is 12.8. The van der Waals surface area contributed by atoms with Gasteiger partial charge in [-0.2, -0.15) is 23.3 Å². The average Bonchev–Trinajstić information content (AvgIpc) is 3.35. The Kier molecular flexibility index (Phi) is 3.88. The Labute approximate surface area is 165 Å². The second-order valence-corrected chi connectivity index (χ2v) is 7.09. The van der Waals surface area contributed by atoms with Crippen LogP contribution < -0.4 is 11.2 Å². The van der Waals surface area contributed by atoms with Gasteiger partial charge in [0.1, 0.15) is 6.33 Å². The maximum Gasteiger partial charge on any atom is 0.416 e. The molecule has 1 fully saturated rings. The second-order valence-electron chi connectivity index (χ2n) is 7.09. The standard InChI is InChI=1S/C19H13F3N6O2/c20-19(21,22)10-3-1-9(2-4-10)11-5-12(11)15-6-14(26-17-24-8-25-28(15)17)13-7-23-18(30)27-16(13)29/h1-4,6-8,11-12H,5H2,(H2,23,27,29,30)/t11-,12+/m1/s1. The first-order valence-electron chi connectivity index (χ1n) is 9.01. The van der Waals surface area contributed by atoms with E-state index in [9.17, 15) is 22.8 Å². The van der Waals surface area contributed by atoms with Crippen molar-refractivity contribution in [2.75, 3.05) is 0 Å². The van der Waals surface area contributed by atoms with Crippen LogP contribution in [0.2, 0.25) is 0 Å². The molecule has 1 aliphatic carbocycles. The fraction of sp³-hybridized carbons (Fsp3) is 0.211. The number of nitrogens with one attached hydrogen (secondary N) is 2. The van der Waals surface area contributed by atoms with Gasteiger partial charge in [0.15, 0.2) is 0 Å². The van der Waals surface area contributed by atoms with Crippen LogP contribution in [0.3, 0.4) is 0 Å². The van der Waals surface area contributed by atoms with Gasteiger partial charge in [0.05, 0.1) is 22.5 Å². The van der Waals surface area contributed by atoms with Crippen molar-refractivity contribution in [1.82, 2.24) is 29.5 Å². The molecule has 30 heavy (non-hydrogen) atoms. The predicted molar refractivity (Wildman–Crippen MR) is 99.0 cm³/mol. The van der Waals surface area contributed by atoms with E-state index in [0.717, 1.165) is 23.4 Å². The Morgan fingerprint density at radius 3 is 2.57 bits per heavy atom. The van der Waals surface area contributed by atoms with Crippen LogP contribution in [0.4, 0.5) is 13.2 Å². The third kappa shape index (κ3) is 3.08. The molecule has 3 aromatic heterocycles. The zero-order chi connectivity index (χ0) is 21.0. The Morgan fingerprint density at radius 1 is 1.10 bits per heavy atom. The lowest BCUT2D eigenvalue weighted by atomic mass is 10.0. The SMILES string of the molecule is O=c1[nH]cc(-c2cc([C@H]3C[C@@H]3c3ccc(C(F)(F)F)cc3)n3ncnc3n2)c(=O)[nH]1. The molecule has 3 heterocycles. The first-order chi connectivity index (χ1) is 14.3. The van der Waals surface area contributed by atoms with Crippen molar-refractivity contribution in [3.63, 3.8) is 0 Å². The third-order valence-electron chi connectivity index (χ3n) is 5.21. The molecule has 0 spiro atoms. The molecule has 2 N–H and O–H groups in total. The van der Waals surface area contributed by atoms with Crippen molar-refractivity contribution in [2.24, 2.45) is 0 Å². The normalized spacial score (nSPS) is 18.6. The fourth-order valence-electron chi connectivity index (χ4n) is 3.65. The van der Waals surface area contributed by atoms with E-state index in [4.69, 9.17) is 0 Å². The van der Waals surface area contributed by atoms with Gasteiger partial charge >= 0.3 is 11.9 Å². The van der Waals surface area contributed by atoms with Crippen molar-refractivity contribution in [3.8, 4) is 11.3 Å². The minimum atomic E-state index is -4.38. The number of rotatable bonds is 3. The number of hydrogen-bond donors (Lipinski definition) is 2. The number of halogens is 3. The first-order valence-corrected chi connectivity index (χ1v) is 9.01. The van der Waals surface area contributed by atoms with Crippen LogP contribution in [0.15, 0.2) is 52.4 Å². The van der Waals surface area contributed by atoms with Gasteiger partial charge in [0, 0.05) is 12.1 Å². The first kappa shape index (κ1) is 18.3. The molecule has 8 nitrogen and oxygen atoms in total. The Bertz CT molecular complexity index is 1370. The van der Waals surface area contributed by atoms with E-state index in [-0.39, 0.29) is 23.2 Å². The lowest BCUT2D eigenvalue weighted by molar-refractivity contribution is -0.137. The van der Waals surface area contributed by atoms with E-state index >= 15 is 0 Å². The van der Waals surface area contributed by atoms with Gasteiger partial charge in [0.2, 0.25) is 0 Å². The number of hydrogen-bond acceptors (Lipinski definition) is 5. The number of nitrogens with zero attached hydrogens (tertiary/aromatic N) is 4. The van der Waals surface area contributed by atoms with Gasteiger partial charge in [-0.3, -0.25) is 9.78 Å². The number of fused-ring (bicyclic) bond motifs is 1. The Morgan fingerprint density at radius 2 is 1.87 bits per heavy atom. The summed E-state index contributed by atoms with van der Waals surface area (Å²) in [6, 6.07) is 6.82. The van der Waals surface area contributed by atoms with Crippen molar-refractivity contribution < 1.29 is 13.2 Å². The highest BCUT2D eigenvalue weighted by Gasteiger charge is 2.42. The van der Waals surface area contributed by atoms with E-state index < -0.39 is 23.0 Å². The highest BCUT2D eigenvalue weighted by atomic mass is 19.4. The Hall–Kier alpha value is -3.76. The number of aromatic amines is 2. The number of H-pyrrole nitrogens is 2. The molecule has 0 aliphatic heterocycles. The number of benzene rings is 1. The van der Waals surface area contributed by atoms with Gasteiger partial charge in [-0.25, -0.2) is 14.3 Å². The molecular weight excluding hydrogens is 401 g/mol. The van der Waals surface area contributed by atoms with Crippen molar-refractivity contribution in [2.45, 2.75) is 24.4 Å². The van der Waals surface area contributed by atoms with Crippen molar-refractivity contribution >= 4 is 5.78 Å². The summed E-state index contributed by atoms with van der Waals surface area (Å²) < 4.78 is 40.0. The molecule has 2 atom stereocenters. The highest BCUT2D eigenvalue weighted by Crippen LogP contribution is 2.54. The van der Waals surface area contributed by atoms with Crippen LogP contribution >= 0.6 is 0 Å². The molecule has 4 aromatic rings. The van der Waals surface area contributed by atoms with E-state index in [1.807, 2.05) is 0 Å². The molecule has 0 unspecified atom stereocenters. The highest BCUT2D eigenvalue weighted by molar-refractivity contribution is 5.60. The van der Waals surface area contributed by atoms with Crippen LogP contribution in [0, 0.1) is 0 Å². The van der Waals surface area contributed by atoms with Gasteiger partial charge in [-0.15, -0.1) is 0 Å². The molecule has 0 saturated heterocycles. The molecular formula is C19H13F3N6O2. The van der Waals surface area contributed by atoms with Crippen LogP contribution in [0.25, 0.3) is 17.0 Å². The number of aromatic nitrogens is 6. The second kappa shape index (κ2) is 6.37. The molecule has 0 amide bonds. The summed E-state index contributed by atoms with van der Waals surface area (Å²) in [4.78, 5) is 36.4. The maximum absolute atomic E-state index is 12.8. The monoisotopic (exact) mass is 414 g/mol. The topological polar surface area (TPSA) is 109 Å². The van der Waals surface area contributed by atoms with Crippen LogP contribution in [-0.4, -0.2) is 29.5 Å². The summed E-state index contributed by atoms with van der Waals surface area (Å²) in [6.07, 6.45) is -1.05. The van der Waals surface area contributed by atoms with Crippen molar-refractivity contribution in [3.05, 3.63) is 80.5 Å². The molecule has 0 radical (unpaired) electrons. The van der Waals surface area contributed by atoms with Crippen LogP contribution in [-0.2, 0) is 6.18 Å². The molecule has 1 saturated carbocycles. The summed E-state index contributed by atoms with van der Waals surface area (Å²) in [7, 11) is 0. The summed E-state index contributed by atoms with van der Waals surface area (Å²) in [5, 5.41) is 4.18. The average molecular weight is 414 g/mol. The smallest absolute Gasteiger partial charge is 0.313 e. The minimum absolute atomic E-state index is 0.0174. The zero-order valence-corrected chi connectivity index (χ0v) is 15.1. The van der Waals surface area contributed by atoms with Gasteiger partial charge in [-0.05, 0) is 36.1 Å². The summed E-state index contributed by atoms with van der Waals surface area (Å²) >= 11 is 0. The minimum Gasteiger partial charge on any atom is -0.313 e. The van der Waals surface area contributed by atoms with E-state index in [2.05, 4.69) is 25.0 Å². The predicted octanol–water partition coefficient (Wildman–Crippen LogP) is 2.46. The van der Waals surface area contributed by atoms with Gasteiger partial charge < -0.3 is 4.98 Å². The van der Waals surface area contributed by atoms with Gasteiger partial charge in [0.25, 0.3) is 11.3 Å². The van der Waals surface area contributed by atoms with Crippen molar-refractivity contribution in [1.29, 1.82) is 0 Å². The summed E-state index contributed by atoms with van der Waals surface area (Å²) in [5.41, 5.74) is 0.123. The Balaban J connectivity index is 1.53. The quantitative estimate of drug-likeness (QED) is 0.535. The molecule has 0 bridgehead atoms. The number of alkyl halides is 3.